The van der Waals surface area contributed by atoms with Gasteiger partial charge in [0.05, 0.1) is 25.4 Å². The number of hydrogen-bond donors (Lipinski definition) is 0. The first-order valence-corrected chi connectivity index (χ1v) is 8.40. The number of benzene rings is 1. The third-order valence-corrected chi connectivity index (χ3v) is 4.57. The lowest BCUT2D eigenvalue weighted by molar-refractivity contribution is -0.190. The highest BCUT2D eigenvalue weighted by Gasteiger charge is 2.42. The maximum atomic E-state index is 12.6. The summed E-state index contributed by atoms with van der Waals surface area (Å²) in [5.74, 6) is 1.32. The van der Waals surface area contributed by atoms with E-state index in [0.717, 1.165) is 12.8 Å². The SMILES string of the molecule is COc1cccc(OCC(=O)N2C[C@H](C)OC3(CCOCC3)C2)c1. The summed E-state index contributed by atoms with van der Waals surface area (Å²) in [6.07, 6.45) is 1.69. The highest BCUT2D eigenvalue weighted by atomic mass is 16.5. The number of rotatable bonds is 4. The molecule has 3 rings (SSSR count). The molecule has 2 aliphatic rings. The van der Waals surface area contributed by atoms with E-state index in [4.69, 9.17) is 18.9 Å². The summed E-state index contributed by atoms with van der Waals surface area (Å²) in [7, 11) is 1.60. The summed E-state index contributed by atoms with van der Waals surface area (Å²) in [4.78, 5) is 14.4. The van der Waals surface area contributed by atoms with E-state index in [1.165, 1.54) is 0 Å². The Morgan fingerprint density at radius 3 is 2.83 bits per heavy atom. The molecule has 1 aromatic rings. The monoisotopic (exact) mass is 335 g/mol. The van der Waals surface area contributed by atoms with Gasteiger partial charge in [-0.2, -0.15) is 0 Å². The van der Waals surface area contributed by atoms with Gasteiger partial charge in [-0.05, 0) is 19.1 Å². The van der Waals surface area contributed by atoms with Gasteiger partial charge >= 0.3 is 0 Å². The van der Waals surface area contributed by atoms with Crippen LogP contribution in [0.2, 0.25) is 0 Å². The standard InChI is InChI=1S/C18H25NO5/c1-14-11-19(13-18(24-14)6-8-22-9-7-18)17(20)12-23-16-5-3-4-15(10-16)21-2/h3-5,10,14H,6-9,11-13H2,1-2H3/t14-/m0/s1. The van der Waals surface area contributed by atoms with Gasteiger partial charge in [-0.1, -0.05) is 6.07 Å². The summed E-state index contributed by atoms with van der Waals surface area (Å²) >= 11 is 0. The van der Waals surface area contributed by atoms with Gasteiger partial charge in [0.1, 0.15) is 11.5 Å². The van der Waals surface area contributed by atoms with E-state index < -0.39 is 0 Å². The van der Waals surface area contributed by atoms with Gasteiger partial charge in [-0.15, -0.1) is 0 Å². The second kappa shape index (κ2) is 7.40. The number of carbonyl (C=O) groups is 1. The molecule has 0 unspecified atom stereocenters. The number of morpholine rings is 1. The zero-order chi connectivity index (χ0) is 17.0. The fraction of sp³-hybridized carbons (Fsp3) is 0.611. The number of methoxy groups -OCH3 is 1. The molecule has 0 aliphatic carbocycles. The summed E-state index contributed by atoms with van der Waals surface area (Å²) in [5.41, 5.74) is -0.262. The molecule has 1 atom stereocenters. The van der Waals surface area contributed by atoms with Crippen molar-refractivity contribution >= 4 is 5.91 Å². The first-order chi connectivity index (χ1) is 11.6. The van der Waals surface area contributed by atoms with Crippen molar-refractivity contribution in [3.63, 3.8) is 0 Å². The third-order valence-electron chi connectivity index (χ3n) is 4.57. The van der Waals surface area contributed by atoms with Crippen LogP contribution >= 0.6 is 0 Å². The molecule has 0 aromatic heterocycles. The van der Waals surface area contributed by atoms with E-state index in [-0.39, 0.29) is 24.2 Å². The van der Waals surface area contributed by atoms with Gasteiger partial charge in [0, 0.05) is 38.7 Å². The minimum Gasteiger partial charge on any atom is -0.497 e. The highest BCUT2D eigenvalue weighted by Crippen LogP contribution is 2.31. The number of nitrogens with zero attached hydrogens (tertiary/aromatic N) is 1. The lowest BCUT2D eigenvalue weighted by Crippen LogP contribution is -2.59. The molecule has 6 heteroatoms. The van der Waals surface area contributed by atoms with Gasteiger partial charge in [0.15, 0.2) is 6.61 Å². The molecule has 0 saturated carbocycles. The molecule has 0 N–H and O–H groups in total. The summed E-state index contributed by atoms with van der Waals surface area (Å²) in [6, 6.07) is 7.27. The Kier molecular flexibility index (Phi) is 5.26. The van der Waals surface area contributed by atoms with Crippen molar-refractivity contribution in [1.82, 2.24) is 4.90 Å². The maximum absolute atomic E-state index is 12.6. The molecule has 2 heterocycles. The number of carbonyl (C=O) groups excluding carboxylic acids is 1. The summed E-state index contributed by atoms with van der Waals surface area (Å²) in [5, 5.41) is 0. The van der Waals surface area contributed by atoms with Crippen molar-refractivity contribution in [1.29, 1.82) is 0 Å². The Labute approximate surface area is 142 Å². The number of ether oxygens (including phenoxy) is 4. The van der Waals surface area contributed by atoms with E-state index in [9.17, 15) is 4.79 Å². The Hall–Kier alpha value is -1.79. The molecular formula is C18H25NO5. The van der Waals surface area contributed by atoms with Crippen LogP contribution in [0.25, 0.3) is 0 Å². The second-order valence-electron chi connectivity index (χ2n) is 6.47. The van der Waals surface area contributed by atoms with E-state index >= 15 is 0 Å². The normalized spacial score (nSPS) is 23.1. The van der Waals surface area contributed by atoms with Crippen LogP contribution in [-0.2, 0) is 14.3 Å². The van der Waals surface area contributed by atoms with Crippen LogP contribution in [0.1, 0.15) is 19.8 Å². The van der Waals surface area contributed by atoms with Crippen LogP contribution in [0.5, 0.6) is 11.5 Å². The number of amides is 1. The molecule has 2 saturated heterocycles. The van der Waals surface area contributed by atoms with E-state index in [1.54, 1.807) is 13.2 Å². The summed E-state index contributed by atoms with van der Waals surface area (Å²) < 4.78 is 22.4. The van der Waals surface area contributed by atoms with Crippen LogP contribution < -0.4 is 9.47 Å². The van der Waals surface area contributed by atoms with Gasteiger partial charge in [-0.25, -0.2) is 0 Å². The Morgan fingerprint density at radius 2 is 2.08 bits per heavy atom. The van der Waals surface area contributed by atoms with Crippen molar-refractivity contribution in [3.05, 3.63) is 24.3 Å². The minimum atomic E-state index is -0.262. The molecular weight excluding hydrogens is 310 g/mol. The maximum Gasteiger partial charge on any atom is 0.260 e. The molecule has 1 aromatic carbocycles. The molecule has 1 amide bonds. The fourth-order valence-corrected chi connectivity index (χ4v) is 3.36. The average Bonchev–Trinajstić information content (AvgIpc) is 2.59. The van der Waals surface area contributed by atoms with Gasteiger partial charge in [0.2, 0.25) is 0 Å². The largest absolute Gasteiger partial charge is 0.497 e. The lowest BCUT2D eigenvalue weighted by atomic mass is 9.91. The van der Waals surface area contributed by atoms with Crippen molar-refractivity contribution in [2.24, 2.45) is 0 Å². The van der Waals surface area contributed by atoms with Crippen LogP contribution in [0, 0.1) is 0 Å². The van der Waals surface area contributed by atoms with Crippen LogP contribution in [0.15, 0.2) is 24.3 Å². The van der Waals surface area contributed by atoms with Crippen LogP contribution in [0.3, 0.4) is 0 Å². The molecule has 0 radical (unpaired) electrons. The van der Waals surface area contributed by atoms with Gasteiger partial charge in [-0.3, -0.25) is 4.79 Å². The molecule has 6 nitrogen and oxygen atoms in total. The Bertz CT molecular complexity index is 570. The third kappa shape index (κ3) is 3.99. The topological polar surface area (TPSA) is 57.2 Å². The molecule has 0 bridgehead atoms. The van der Waals surface area contributed by atoms with Crippen molar-refractivity contribution in [2.75, 3.05) is 40.0 Å². The molecule has 1 spiro atoms. The van der Waals surface area contributed by atoms with Gasteiger partial charge in [0.25, 0.3) is 5.91 Å². The van der Waals surface area contributed by atoms with Crippen molar-refractivity contribution in [2.45, 2.75) is 31.5 Å². The predicted molar refractivity (Wildman–Crippen MR) is 88.4 cm³/mol. The Morgan fingerprint density at radius 1 is 1.33 bits per heavy atom. The van der Waals surface area contributed by atoms with E-state index in [1.807, 2.05) is 30.0 Å². The fourth-order valence-electron chi connectivity index (χ4n) is 3.36. The summed E-state index contributed by atoms with van der Waals surface area (Å²) in [6.45, 7) is 4.63. The highest BCUT2D eigenvalue weighted by molar-refractivity contribution is 5.78. The van der Waals surface area contributed by atoms with Crippen LogP contribution in [-0.4, -0.2) is 62.5 Å². The minimum absolute atomic E-state index is 0.0150. The molecule has 2 aliphatic heterocycles. The zero-order valence-electron chi connectivity index (χ0n) is 14.3. The lowest BCUT2D eigenvalue weighted by Gasteiger charge is -2.47. The quantitative estimate of drug-likeness (QED) is 0.841. The average molecular weight is 335 g/mol. The first kappa shape index (κ1) is 17.0. The smallest absolute Gasteiger partial charge is 0.260 e. The molecule has 132 valence electrons. The van der Waals surface area contributed by atoms with Gasteiger partial charge < -0.3 is 23.8 Å². The zero-order valence-corrected chi connectivity index (χ0v) is 14.3. The number of hydrogen-bond acceptors (Lipinski definition) is 5. The Balaban J connectivity index is 1.59. The molecule has 24 heavy (non-hydrogen) atoms. The van der Waals surface area contributed by atoms with E-state index in [0.29, 0.717) is 37.8 Å². The first-order valence-electron chi connectivity index (χ1n) is 8.40. The second-order valence-corrected chi connectivity index (χ2v) is 6.47. The van der Waals surface area contributed by atoms with Crippen molar-refractivity contribution in [3.8, 4) is 11.5 Å². The van der Waals surface area contributed by atoms with Crippen LogP contribution in [0.4, 0.5) is 0 Å². The molecule has 2 fully saturated rings. The van der Waals surface area contributed by atoms with Crippen molar-refractivity contribution < 1.29 is 23.7 Å². The van der Waals surface area contributed by atoms with E-state index in [2.05, 4.69) is 0 Å². The predicted octanol–water partition coefficient (Wildman–Crippen LogP) is 1.87.